The van der Waals surface area contributed by atoms with Crippen molar-refractivity contribution in [3.05, 3.63) is 35.4 Å². The summed E-state index contributed by atoms with van der Waals surface area (Å²) in [5, 5.41) is 3.31. The minimum Gasteiger partial charge on any atom is -0.379 e. The quantitative estimate of drug-likeness (QED) is 0.914. The second kappa shape index (κ2) is 7.75. The van der Waals surface area contributed by atoms with Crippen molar-refractivity contribution in [2.24, 2.45) is 0 Å². The number of hydrogen-bond acceptors (Lipinski definition) is 3. The lowest BCUT2D eigenvalue weighted by Gasteiger charge is -2.40. The molecule has 25 heavy (non-hydrogen) atoms. The molecule has 1 N–H and O–H groups in total. The van der Waals surface area contributed by atoms with Crippen molar-refractivity contribution in [2.45, 2.75) is 44.2 Å². The van der Waals surface area contributed by atoms with E-state index in [9.17, 15) is 4.79 Å². The van der Waals surface area contributed by atoms with Gasteiger partial charge in [-0.15, -0.1) is 0 Å². The van der Waals surface area contributed by atoms with Crippen LogP contribution in [0.1, 0.15) is 30.4 Å². The lowest BCUT2D eigenvalue weighted by atomic mass is 10.0. The van der Waals surface area contributed by atoms with Crippen LogP contribution in [0.5, 0.6) is 0 Å². The van der Waals surface area contributed by atoms with Crippen molar-refractivity contribution < 1.29 is 9.53 Å². The Labute approximate surface area is 150 Å². The van der Waals surface area contributed by atoms with E-state index < -0.39 is 0 Å². The third kappa shape index (κ3) is 3.98. The first-order valence-corrected chi connectivity index (χ1v) is 9.73. The van der Waals surface area contributed by atoms with Crippen LogP contribution in [0.25, 0.3) is 0 Å². The molecule has 0 bridgehead atoms. The molecule has 2 amide bonds. The zero-order chi connectivity index (χ0) is 17.1. The average Bonchev–Trinajstić information content (AvgIpc) is 3.05. The molecule has 136 valence electrons. The fraction of sp³-hybridized carbons (Fsp3) is 0.650. The summed E-state index contributed by atoms with van der Waals surface area (Å²) in [5.41, 5.74) is 2.77. The number of fused-ring (bicyclic) bond motifs is 1. The van der Waals surface area contributed by atoms with Gasteiger partial charge in [0.15, 0.2) is 0 Å². The number of urea groups is 1. The summed E-state index contributed by atoms with van der Waals surface area (Å²) in [6.45, 7) is 5.49. The van der Waals surface area contributed by atoms with Crippen LogP contribution in [0, 0.1) is 0 Å². The topological polar surface area (TPSA) is 44.8 Å². The van der Waals surface area contributed by atoms with Gasteiger partial charge in [-0.1, -0.05) is 24.3 Å². The van der Waals surface area contributed by atoms with Gasteiger partial charge in [-0.05, 0) is 43.2 Å². The number of likely N-dealkylation sites (tertiary alicyclic amines) is 1. The minimum absolute atomic E-state index is 0.135. The number of rotatable bonds is 3. The van der Waals surface area contributed by atoms with Gasteiger partial charge in [0.2, 0.25) is 0 Å². The molecule has 0 spiro atoms. The maximum atomic E-state index is 12.9. The zero-order valence-electron chi connectivity index (χ0n) is 15.0. The summed E-state index contributed by atoms with van der Waals surface area (Å²) in [7, 11) is 0. The Morgan fingerprint density at radius 2 is 1.80 bits per heavy atom. The zero-order valence-corrected chi connectivity index (χ0v) is 15.0. The Morgan fingerprint density at radius 3 is 2.52 bits per heavy atom. The molecule has 0 radical (unpaired) electrons. The Morgan fingerprint density at radius 1 is 1.08 bits per heavy atom. The monoisotopic (exact) mass is 343 g/mol. The SMILES string of the molecule is O=C(NC1Cc2ccccc2C1)N1CCCCC1CN1CCOCC1. The number of amides is 2. The van der Waals surface area contributed by atoms with Gasteiger partial charge in [0.25, 0.3) is 0 Å². The average molecular weight is 343 g/mol. The molecule has 5 heteroatoms. The highest BCUT2D eigenvalue weighted by Gasteiger charge is 2.31. The van der Waals surface area contributed by atoms with Crippen molar-refractivity contribution in [2.75, 3.05) is 39.4 Å². The van der Waals surface area contributed by atoms with Crippen molar-refractivity contribution in [3.8, 4) is 0 Å². The van der Waals surface area contributed by atoms with E-state index in [-0.39, 0.29) is 12.1 Å². The predicted octanol–water partition coefficient (Wildman–Crippen LogP) is 2.05. The molecule has 1 aromatic carbocycles. The molecule has 0 saturated carbocycles. The Bertz CT molecular complexity index is 575. The number of piperidine rings is 1. The van der Waals surface area contributed by atoms with Crippen LogP contribution in [0.15, 0.2) is 24.3 Å². The highest BCUT2D eigenvalue weighted by atomic mass is 16.5. The van der Waals surface area contributed by atoms with Gasteiger partial charge in [-0.3, -0.25) is 4.90 Å². The normalized spacial score (nSPS) is 25.0. The summed E-state index contributed by atoms with van der Waals surface area (Å²) in [6.07, 6.45) is 5.40. The first-order chi connectivity index (χ1) is 12.3. The van der Waals surface area contributed by atoms with Crippen molar-refractivity contribution in [1.29, 1.82) is 0 Å². The number of hydrogen-bond donors (Lipinski definition) is 1. The first-order valence-electron chi connectivity index (χ1n) is 9.73. The minimum atomic E-state index is 0.135. The summed E-state index contributed by atoms with van der Waals surface area (Å²) in [4.78, 5) is 17.5. The highest BCUT2D eigenvalue weighted by molar-refractivity contribution is 5.75. The summed E-state index contributed by atoms with van der Waals surface area (Å²) in [5.74, 6) is 0. The molecule has 2 saturated heterocycles. The van der Waals surface area contributed by atoms with Gasteiger partial charge in [-0.2, -0.15) is 0 Å². The van der Waals surface area contributed by atoms with Crippen LogP contribution in [-0.4, -0.2) is 67.3 Å². The number of nitrogens with one attached hydrogen (secondary N) is 1. The number of morpholine rings is 1. The van der Waals surface area contributed by atoms with Crippen molar-refractivity contribution in [1.82, 2.24) is 15.1 Å². The van der Waals surface area contributed by atoms with E-state index in [2.05, 4.69) is 39.4 Å². The number of nitrogens with zero attached hydrogens (tertiary/aromatic N) is 2. The number of carbonyl (C=O) groups is 1. The lowest BCUT2D eigenvalue weighted by molar-refractivity contribution is 0.0220. The van der Waals surface area contributed by atoms with Gasteiger partial charge in [0, 0.05) is 38.3 Å². The summed E-state index contributed by atoms with van der Waals surface area (Å²) in [6, 6.07) is 9.27. The first kappa shape index (κ1) is 16.9. The van der Waals surface area contributed by atoms with Gasteiger partial charge in [-0.25, -0.2) is 4.79 Å². The third-order valence-electron chi connectivity index (χ3n) is 5.84. The molecule has 3 aliphatic rings. The van der Waals surface area contributed by atoms with E-state index in [1.54, 1.807) is 0 Å². The van der Waals surface area contributed by atoms with E-state index in [0.29, 0.717) is 6.04 Å². The van der Waals surface area contributed by atoms with E-state index in [4.69, 9.17) is 4.74 Å². The van der Waals surface area contributed by atoms with E-state index in [1.165, 1.54) is 17.5 Å². The highest BCUT2D eigenvalue weighted by Crippen LogP contribution is 2.23. The van der Waals surface area contributed by atoms with Gasteiger partial charge in [0.1, 0.15) is 0 Å². The molecule has 2 heterocycles. The molecular weight excluding hydrogens is 314 g/mol. The molecule has 2 aliphatic heterocycles. The van der Waals surface area contributed by atoms with Crippen molar-refractivity contribution in [3.63, 3.8) is 0 Å². The Balaban J connectivity index is 1.34. The fourth-order valence-electron chi connectivity index (χ4n) is 4.46. The van der Waals surface area contributed by atoms with Crippen LogP contribution in [0.4, 0.5) is 4.79 Å². The molecule has 2 fully saturated rings. The van der Waals surface area contributed by atoms with E-state index in [1.807, 2.05) is 0 Å². The van der Waals surface area contributed by atoms with Crippen molar-refractivity contribution >= 4 is 6.03 Å². The Kier molecular flexibility index (Phi) is 5.22. The second-order valence-electron chi connectivity index (χ2n) is 7.58. The summed E-state index contributed by atoms with van der Waals surface area (Å²) >= 11 is 0. The molecule has 0 aromatic heterocycles. The van der Waals surface area contributed by atoms with E-state index in [0.717, 1.165) is 65.1 Å². The molecule has 1 unspecified atom stereocenters. The molecule has 1 aliphatic carbocycles. The standard InChI is InChI=1S/C20H29N3O2/c24-20(21-18-13-16-5-1-2-6-17(16)14-18)23-8-4-3-7-19(23)15-22-9-11-25-12-10-22/h1-2,5-6,18-19H,3-4,7-15H2,(H,21,24). The van der Waals surface area contributed by atoms with Gasteiger partial charge < -0.3 is 15.0 Å². The van der Waals surface area contributed by atoms with Crippen LogP contribution >= 0.6 is 0 Å². The molecule has 4 rings (SSSR count). The summed E-state index contributed by atoms with van der Waals surface area (Å²) < 4.78 is 5.45. The maximum absolute atomic E-state index is 12.9. The number of carbonyl (C=O) groups excluding carboxylic acids is 1. The lowest BCUT2D eigenvalue weighted by Crippen LogP contribution is -2.55. The van der Waals surface area contributed by atoms with Crippen LogP contribution < -0.4 is 5.32 Å². The van der Waals surface area contributed by atoms with Crippen LogP contribution in [0.3, 0.4) is 0 Å². The molecule has 1 aromatic rings. The van der Waals surface area contributed by atoms with Crippen LogP contribution in [-0.2, 0) is 17.6 Å². The van der Waals surface area contributed by atoms with E-state index >= 15 is 0 Å². The second-order valence-corrected chi connectivity index (χ2v) is 7.58. The smallest absolute Gasteiger partial charge is 0.317 e. The molecular formula is C20H29N3O2. The number of ether oxygens (including phenoxy) is 1. The number of benzene rings is 1. The van der Waals surface area contributed by atoms with Gasteiger partial charge >= 0.3 is 6.03 Å². The molecule has 5 nitrogen and oxygen atoms in total. The predicted molar refractivity (Wildman–Crippen MR) is 97.8 cm³/mol. The largest absolute Gasteiger partial charge is 0.379 e. The van der Waals surface area contributed by atoms with Crippen LogP contribution in [0.2, 0.25) is 0 Å². The Hall–Kier alpha value is -1.59. The maximum Gasteiger partial charge on any atom is 0.317 e. The molecule has 1 atom stereocenters. The van der Waals surface area contributed by atoms with Gasteiger partial charge in [0.05, 0.1) is 13.2 Å². The third-order valence-corrected chi connectivity index (χ3v) is 5.84. The fourth-order valence-corrected chi connectivity index (χ4v) is 4.46.